The van der Waals surface area contributed by atoms with Crippen LogP contribution in [0.5, 0.6) is 5.75 Å². The van der Waals surface area contributed by atoms with Gasteiger partial charge in [-0.15, -0.1) is 0 Å². The molecule has 1 fully saturated rings. The minimum Gasteiger partial charge on any atom is -0.490 e. The lowest BCUT2D eigenvalue weighted by molar-refractivity contribution is 0.202. The maximum absolute atomic E-state index is 5.59. The van der Waals surface area contributed by atoms with E-state index < -0.39 is 0 Å². The molecule has 1 saturated heterocycles. The Morgan fingerprint density at radius 3 is 2.71 bits per heavy atom. The van der Waals surface area contributed by atoms with E-state index in [4.69, 9.17) is 9.47 Å². The summed E-state index contributed by atoms with van der Waals surface area (Å²) < 4.78 is 12.8. The SMILES string of the molecule is CC1(COc2ccc(Br)c(Br)c2)CO1. The molecule has 0 saturated carbocycles. The van der Waals surface area contributed by atoms with Crippen molar-refractivity contribution in [2.24, 2.45) is 0 Å². The Labute approximate surface area is 99.8 Å². The minimum absolute atomic E-state index is 0.0560. The minimum atomic E-state index is -0.0560. The molecule has 0 radical (unpaired) electrons. The fourth-order valence-corrected chi connectivity index (χ4v) is 1.61. The Morgan fingerprint density at radius 2 is 2.14 bits per heavy atom. The van der Waals surface area contributed by atoms with Gasteiger partial charge in [-0.1, -0.05) is 0 Å². The number of benzene rings is 1. The number of hydrogen-bond acceptors (Lipinski definition) is 2. The first-order valence-corrected chi connectivity index (χ1v) is 5.89. The second-order valence-electron chi connectivity index (χ2n) is 3.60. The predicted octanol–water partition coefficient (Wildman–Crippen LogP) is 3.38. The zero-order valence-corrected chi connectivity index (χ0v) is 10.9. The summed E-state index contributed by atoms with van der Waals surface area (Å²) in [6.07, 6.45) is 0. The molecule has 0 amide bonds. The molecule has 1 aliphatic rings. The van der Waals surface area contributed by atoms with Gasteiger partial charge in [0.05, 0.1) is 6.61 Å². The topological polar surface area (TPSA) is 21.8 Å². The fraction of sp³-hybridized carbons (Fsp3) is 0.400. The standard InChI is InChI=1S/C10H10Br2O2/c1-10(6-14-10)5-13-7-2-3-8(11)9(12)4-7/h2-4H,5-6H2,1H3. The number of ether oxygens (including phenoxy) is 2. The summed E-state index contributed by atoms with van der Waals surface area (Å²) in [5.41, 5.74) is -0.0560. The van der Waals surface area contributed by atoms with Gasteiger partial charge < -0.3 is 9.47 Å². The summed E-state index contributed by atoms with van der Waals surface area (Å²) in [6.45, 7) is 3.45. The van der Waals surface area contributed by atoms with Crippen LogP contribution >= 0.6 is 31.9 Å². The number of hydrogen-bond donors (Lipinski definition) is 0. The van der Waals surface area contributed by atoms with Crippen LogP contribution in [0.15, 0.2) is 27.1 Å². The molecule has 0 aromatic heterocycles. The molecule has 2 rings (SSSR count). The van der Waals surface area contributed by atoms with Crippen molar-refractivity contribution in [3.8, 4) is 5.75 Å². The lowest BCUT2D eigenvalue weighted by Gasteiger charge is -2.09. The molecule has 0 bridgehead atoms. The van der Waals surface area contributed by atoms with E-state index in [0.717, 1.165) is 21.3 Å². The lowest BCUT2D eigenvalue weighted by atomic mass is 10.2. The molecule has 0 N–H and O–H groups in total. The van der Waals surface area contributed by atoms with E-state index in [9.17, 15) is 0 Å². The van der Waals surface area contributed by atoms with Crippen molar-refractivity contribution in [3.05, 3.63) is 27.1 Å². The average molecular weight is 322 g/mol. The summed E-state index contributed by atoms with van der Waals surface area (Å²) in [5.74, 6) is 0.858. The smallest absolute Gasteiger partial charge is 0.123 e. The maximum atomic E-state index is 5.59. The van der Waals surface area contributed by atoms with Crippen molar-refractivity contribution < 1.29 is 9.47 Å². The van der Waals surface area contributed by atoms with Crippen LogP contribution in [-0.4, -0.2) is 18.8 Å². The molecule has 1 aromatic carbocycles. The van der Waals surface area contributed by atoms with E-state index >= 15 is 0 Å². The molecular weight excluding hydrogens is 312 g/mol. The van der Waals surface area contributed by atoms with Gasteiger partial charge in [-0.05, 0) is 57.0 Å². The quantitative estimate of drug-likeness (QED) is 0.796. The van der Waals surface area contributed by atoms with Gasteiger partial charge in [0, 0.05) is 8.95 Å². The lowest BCUT2D eigenvalue weighted by Crippen LogP contribution is -2.16. The average Bonchev–Trinajstić information content (AvgIpc) is 2.87. The highest BCUT2D eigenvalue weighted by Gasteiger charge is 2.40. The maximum Gasteiger partial charge on any atom is 0.123 e. The number of epoxide rings is 1. The Morgan fingerprint density at radius 1 is 1.43 bits per heavy atom. The summed E-state index contributed by atoms with van der Waals surface area (Å²) >= 11 is 6.83. The molecule has 1 atom stereocenters. The zero-order chi connectivity index (χ0) is 10.2. The van der Waals surface area contributed by atoms with Crippen LogP contribution in [0, 0.1) is 0 Å². The van der Waals surface area contributed by atoms with Crippen LogP contribution in [-0.2, 0) is 4.74 Å². The number of halogens is 2. The third kappa shape index (κ3) is 2.49. The van der Waals surface area contributed by atoms with Gasteiger partial charge >= 0.3 is 0 Å². The molecule has 0 aliphatic carbocycles. The third-order valence-electron chi connectivity index (χ3n) is 2.07. The van der Waals surface area contributed by atoms with Gasteiger partial charge in [0.15, 0.2) is 0 Å². The fourth-order valence-electron chi connectivity index (χ4n) is 1.01. The third-order valence-corrected chi connectivity index (χ3v) is 3.95. The Kier molecular flexibility index (Phi) is 2.86. The Bertz CT molecular complexity index is 348. The normalized spacial score (nSPS) is 24.8. The summed E-state index contributed by atoms with van der Waals surface area (Å²) in [5, 5.41) is 0. The van der Waals surface area contributed by atoms with Crippen molar-refractivity contribution in [3.63, 3.8) is 0 Å². The van der Waals surface area contributed by atoms with E-state index in [1.165, 1.54) is 0 Å². The molecule has 14 heavy (non-hydrogen) atoms. The van der Waals surface area contributed by atoms with E-state index in [-0.39, 0.29) is 5.60 Å². The molecule has 1 unspecified atom stereocenters. The van der Waals surface area contributed by atoms with Crippen LogP contribution in [0.25, 0.3) is 0 Å². The molecule has 4 heteroatoms. The molecule has 0 spiro atoms. The van der Waals surface area contributed by atoms with Crippen LogP contribution in [0.3, 0.4) is 0 Å². The van der Waals surface area contributed by atoms with Gasteiger partial charge in [-0.25, -0.2) is 0 Å². The van der Waals surface area contributed by atoms with E-state index in [0.29, 0.717) is 6.61 Å². The zero-order valence-electron chi connectivity index (χ0n) is 7.72. The van der Waals surface area contributed by atoms with Crippen LogP contribution in [0.2, 0.25) is 0 Å². The van der Waals surface area contributed by atoms with Gasteiger partial charge in [0.2, 0.25) is 0 Å². The summed E-state index contributed by atoms with van der Waals surface area (Å²) in [7, 11) is 0. The van der Waals surface area contributed by atoms with Crippen LogP contribution in [0.4, 0.5) is 0 Å². The monoisotopic (exact) mass is 320 g/mol. The first-order valence-electron chi connectivity index (χ1n) is 4.31. The van der Waals surface area contributed by atoms with Gasteiger partial charge in [0.25, 0.3) is 0 Å². The van der Waals surface area contributed by atoms with Gasteiger partial charge in [0.1, 0.15) is 18.0 Å². The van der Waals surface area contributed by atoms with E-state index in [2.05, 4.69) is 31.9 Å². The van der Waals surface area contributed by atoms with Crippen molar-refractivity contribution in [1.29, 1.82) is 0 Å². The second-order valence-corrected chi connectivity index (χ2v) is 5.31. The Balaban J connectivity index is 1.99. The molecule has 1 heterocycles. The van der Waals surface area contributed by atoms with Crippen LogP contribution in [0.1, 0.15) is 6.92 Å². The highest BCUT2D eigenvalue weighted by atomic mass is 79.9. The molecular formula is C10H10Br2O2. The summed E-state index contributed by atoms with van der Waals surface area (Å²) in [6, 6.07) is 5.83. The first kappa shape index (κ1) is 10.5. The second kappa shape index (κ2) is 3.83. The highest BCUT2D eigenvalue weighted by molar-refractivity contribution is 9.13. The van der Waals surface area contributed by atoms with E-state index in [1.54, 1.807) is 0 Å². The highest BCUT2D eigenvalue weighted by Crippen LogP contribution is 2.30. The van der Waals surface area contributed by atoms with Gasteiger partial charge in [-0.2, -0.15) is 0 Å². The van der Waals surface area contributed by atoms with Crippen molar-refractivity contribution in [2.45, 2.75) is 12.5 Å². The van der Waals surface area contributed by atoms with Gasteiger partial charge in [-0.3, -0.25) is 0 Å². The molecule has 76 valence electrons. The van der Waals surface area contributed by atoms with E-state index in [1.807, 2.05) is 25.1 Å². The predicted molar refractivity (Wildman–Crippen MR) is 61.7 cm³/mol. The first-order chi connectivity index (χ1) is 6.59. The molecule has 1 aliphatic heterocycles. The largest absolute Gasteiger partial charge is 0.490 e. The summed E-state index contributed by atoms with van der Waals surface area (Å²) in [4.78, 5) is 0. The molecule has 2 nitrogen and oxygen atoms in total. The number of rotatable bonds is 3. The Hall–Kier alpha value is -0.0600. The van der Waals surface area contributed by atoms with Crippen molar-refractivity contribution >= 4 is 31.9 Å². The van der Waals surface area contributed by atoms with Crippen molar-refractivity contribution in [1.82, 2.24) is 0 Å². The van der Waals surface area contributed by atoms with Crippen molar-refractivity contribution in [2.75, 3.05) is 13.2 Å². The molecule has 1 aromatic rings. The van der Waals surface area contributed by atoms with Crippen LogP contribution < -0.4 is 4.74 Å².